The second-order valence-electron chi connectivity index (χ2n) is 6.53. The molecule has 0 heterocycles. The van der Waals surface area contributed by atoms with Crippen LogP contribution in [0, 0.1) is 11.3 Å². The average Bonchev–Trinajstić information content (AvgIpc) is 2.53. The number of benzene rings is 2. The predicted octanol–water partition coefficient (Wildman–Crippen LogP) is 2.89. The molecule has 0 bridgehead atoms. The lowest BCUT2D eigenvalue weighted by molar-refractivity contribution is 0.102. The van der Waals surface area contributed by atoms with Crippen LogP contribution in [0.5, 0.6) is 0 Å². The van der Waals surface area contributed by atoms with Crippen LogP contribution < -0.4 is 10.0 Å². The summed E-state index contributed by atoms with van der Waals surface area (Å²) in [5.74, 6) is -0.421. The van der Waals surface area contributed by atoms with Gasteiger partial charge >= 0.3 is 0 Å². The first-order valence-corrected chi connectivity index (χ1v) is 9.05. The molecule has 2 aromatic carbocycles. The zero-order valence-electron chi connectivity index (χ0n) is 14.2. The molecule has 7 heteroatoms. The molecule has 0 saturated carbocycles. The monoisotopic (exact) mass is 357 g/mol. The van der Waals surface area contributed by atoms with Crippen LogP contribution in [0.2, 0.25) is 0 Å². The summed E-state index contributed by atoms with van der Waals surface area (Å²) >= 11 is 0. The molecular formula is C18H19N3O3S. The second kappa shape index (κ2) is 7.05. The third-order valence-electron chi connectivity index (χ3n) is 3.10. The highest BCUT2D eigenvalue weighted by Crippen LogP contribution is 2.18. The maximum atomic E-state index is 12.4. The van der Waals surface area contributed by atoms with E-state index in [0.29, 0.717) is 16.8 Å². The predicted molar refractivity (Wildman–Crippen MR) is 95.6 cm³/mol. The SMILES string of the molecule is CC(C)(C)NS(=O)(=O)c1cccc(NC(=O)c2cccc(C#N)c2)c1. The minimum absolute atomic E-state index is 0.0611. The Balaban J connectivity index is 2.24. The van der Waals surface area contributed by atoms with E-state index >= 15 is 0 Å². The van der Waals surface area contributed by atoms with E-state index in [9.17, 15) is 13.2 Å². The van der Waals surface area contributed by atoms with Gasteiger partial charge in [0, 0.05) is 16.8 Å². The summed E-state index contributed by atoms with van der Waals surface area (Å²) in [7, 11) is -3.70. The van der Waals surface area contributed by atoms with Crippen molar-refractivity contribution in [2.75, 3.05) is 5.32 Å². The minimum atomic E-state index is -3.70. The van der Waals surface area contributed by atoms with Gasteiger partial charge in [-0.05, 0) is 57.2 Å². The third-order valence-corrected chi connectivity index (χ3v) is 4.85. The first-order valence-electron chi connectivity index (χ1n) is 7.56. The quantitative estimate of drug-likeness (QED) is 0.879. The van der Waals surface area contributed by atoms with Gasteiger partial charge in [0.25, 0.3) is 5.91 Å². The highest BCUT2D eigenvalue weighted by Gasteiger charge is 2.22. The van der Waals surface area contributed by atoms with Crippen molar-refractivity contribution in [3.8, 4) is 6.07 Å². The molecule has 1 amide bonds. The van der Waals surface area contributed by atoms with Crippen LogP contribution >= 0.6 is 0 Å². The van der Waals surface area contributed by atoms with Crippen molar-refractivity contribution in [3.63, 3.8) is 0 Å². The molecule has 2 N–H and O–H groups in total. The Morgan fingerprint density at radius 1 is 1.08 bits per heavy atom. The number of rotatable bonds is 4. The fourth-order valence-corrected chi connectivity index (χ4v) is 3.60. The van der Waals surface area contributed by atoms with E-state index in [1.165, 1.54) is 18.2 Å². The van der Waals surface area contributed by atoms with E-state index in [0.717, 1.165) is 0 Å². The van der Waals surface area contributed by atoms with Crippen molar-refractivity contribution in [3.05, 3.63) is 59.7 Å². The Kier molecular flexibility index (Phi) is 5.26. The lowest BCUT2D eigenvalue weighted by atomic mass is 10.1. The van der Waals surface area contributed by atoms with Gasteiger partial charge in [-0.2, -0.15) is 5.26 Å². The van der Waals surface area contributed by atoms with Gasteiger partial charge in [-0.3, -0.25) is 4.79 Å². The Hall–Kier alpha value is -2.69. The van der Waals surface area contributed by atoms with E-state index in [1.807, 2.05) is 6.07 Å². The van der Waals surface area contributed by atoms with Crippen LogP contribution in [-0.4, -0.2) is 19.9 Å². The summed E-state index contributed by atoms with van der Waals surface area (Å²) in [4.78, 5) is 12.3. The van der Waals surface area contributed by atoms with E-state index < -0.39 is 21.5 Å². The molecule has 0 radical (unpaired) electrons. The molecule has 0 aromatic heterocycles. The van der Waals surface area contributed by atoms with Crippen molar-refractivity contribution in [2.45, 2.75) is 31.2 Å². The summed E-state index contributed by atoms with van der Waals surface area (Å²) in [5, 5.41) is 11.5. The molecule has 0 aliphatic rings. The van der Waals surface area contributed by atoms with Gasteiger partial charge in [0.15, 0.2) is 0 Å². The Morgan fingerprint density at radius 3 is 2.40 bits per heavy atom. The third kappa shape index (κ3) is 5.14. The second-order valence-corrected chi connectivity index (χ2v) is 8.21. The van der Waals surface area contributed by atoms with Gasteiger partial charge in [0.1, 0.15) is 0 Å². The number of carbonyl (C=O) groups is 1. The maximum absolute atomic E-state index is 12.4. The molecule has 130 valence electrons. The number of nitrogens with zero attached hydrogens (tertiary/aromatic N) is 1. The molecule has 0 saturated heterocycles. The fourth-order valence-electron chi connectivity index (χ4n) is 2.14. The van der Waals surface area contributed by atoms with E-state index in [-0.39, 0.29) is 4.90 Å². The summed E-state index contributed by atoms with van der Waals surface area (Å²) in [6.07, 6.45) is 0. The topological polar surface area (TPSA) is 99.1 Å². The Labute approximate surface area is 147 Å². The normalized spacial score (nSPS) is 11.6. The average molecular weight is 357 g/mol. The van der Waals surface area contributed by atoms with Crippen molar-refractivity contribution in [1.29, 1.82) is 5.26 Å². The lowest BCUT2D eigenvalue weighted by Gasteiger charge is -2.20. The zero-order chi connectivity index (χ0) is 18.7. The number of sulfonamides is 1. The fraction of sp³-hybridized carbons (Fsp3) is 0.222. The first kappa shape index (κ1) is 18.6. The highest BCUT2D eigenvalue weighted by atomic mass is 32.2. The van der Waals surface area contributed by atoms with Crippen molar-refractivity contribution < 1.29 is 13.2 Å². The summed E-state index contributed by atoms with van der Waals surface area (Å²) in [6.45, 7) is 5.25. The van der Waals surface area contributed by atoms with Gasteiger partial charge < -0.3 is 5.32 Å². The molecule has 0 fully saturated rings. The number of carbonyl (C=O) groups excluding carboxylic acids is 1. The Morgan fingerprint density at radius 2 is 1.76 bits per heavy atom. The molecule has 0 aliphatic carbocycles. The van der Waals surface area contributed by atoms with Gasteiger partial charge in [-0.15, -0.1) is 0 Å². The molecule has 0 unspecified atom stereocenters. The molecule has 2 rings (SSSR count). The largest absolute Gasteiger partial charge is 0.322 e. The molecule has 0 aliphatic heterocycles. The van der Waals surface area contributed by atoms with Crippen LogP contribution in [0.25, 0.3) is 0 Å². The van der Waals surface area contributed by atoms with E-state index in [2.05, 4.69) is 10.0 Å². The van der Waals surface area contributed by atoms with Crippen LogP contribution in [0.15, 0.2) is 53.4 Å². The van der Waals surface area contributed by atoms with Gasteiger partial charge in [-0.25, -0.2) is 13.1 Å². The first-order chi connectivity index (χ1) is 11.6. The minimum Gasteiger partial charge on any atom is -0.322 e. The summed E-state index contributed by atoms with van der Waals surface area (Å²) < 4.78 is 27.3. The van der Waals surface area contributed by atoms with Gasteiger partial charge in [0.05, 0.1) is 16.5 Å². The molecule has 0 spiro atoms. The van der Waals surface area contributed by atoms with Crippen LogP contribution in [-0.2, 0) is 10.0 Å². The smallest absolute Gasteiger partial charge is 0.255 e. The number of hydrogen-bond donors (Lipinski definition) is 2. The van der Waals surface area contributed by atoms with E-state index in [4.69, 9.17) is 5.26 Å². The van der Waals surface area contributed by atoms with Gasteiger partial charge in [0.2, 0.25) is 10.0 Å². The standard InChI is InChI=1S/C18H19N3O3S/c1-18(2,3)21-25(23,24)16-9-5-8-15(11-16)20-17(22)14-7-4-6-13(10-14)12-19/h4-11,21H,1-3H3,(H,20,22). The number of nitriles is 1. The molecule has 6 nitrogen and oxygen atoms in total. The van der Waals surface area contributed by atoms with E-state index in [1.54, 1.807) is 51.1 Å². The zero-order valence-corrected chi connectivity index (χ0v) is 15.0. The number of amides is 1. The number of nitrogens with one attached hydrogen (secondary N) is 2. The number of anilines is 1. The molecular weight excluding hydrogens is 338 g/mol. The summed E-state index contributed by atoms with van der Waals surface area (Å²) in [6, 6.07) is 14.2. The lowest BCUT2D eigenvalue weighted by Crippen LogP contribution is -2.40. The number of hydrogen-bond acceptors (Lipinski definition) is 4. The van der Waals surface area contributed by atoms with Crippen LogP contribution in [0.1, 0.15) is 36.7 Å². The van der Waals surface area contributed by atoms with Gasteiger partial charge in [-0.1, -0.05) is 12.1 Å². The van der Waals surface area contributed by atoms with Crippen molar-refractivity contribution >= 4 is 21.6 Å². The molecule has 0 atom stereocenters. The van der Waals surface area contributed by atoms with Crippen LogP contribution in [0.4, 0.5) is 5.69 Å². The summed E-state index contributed by atoms with van der Waals surface area (Å²) in [5.41, 5.74) is 0.429. The maximum Gasteiger partial charge on any atom is 0.255 e. The highest BCUT2D eigenvalue weighted by molar-refractivity contribution is 7.89. The molecule has 25 heavy (non-hydrogen) atoms. The van der Waals surface area contributed by atoms with Crippen molar-refractivity contribution in [1.82, 2.24) is 4.72 Å². The molecule has 2 aromatic rings. The Bertz CT molecular complexity index is 939. The van der Waals surface area contributed by atoms with Crippen LogP contribution in [0.3, 0.4) is 0 Å². The van der Waals surface area contributed by atoms with Crippen molar-refractivity contribution in [2.24, 2.45) is 0 Å².